The third kappa shape index (κ3) is 3.00. The number of hydrogen-bond donors (Lipinski definition) is 1. The van der Waals surface area contributed by atoms with Crippen molar-refractivity contribution in [3.05, 3.63) is 46.0 Å². The van der Waals surface area contributed by atoms with Gasteiger partial charge in [0, 0.05) is 22.5 Å². The van der Waals surface area contributed by atoms with Gasteiger partial charge in [-0.2, -0.15) is 15.9 Å². The third-order valence-electron chi connectivity index (χ3n) is 4.13. The third-order valence-corrected chi connectivity index (χ3v) is 4.81. The van der Waals surface area contributed by atoms with Gasteiger partial charge in [-0.3, -0.25) is 0 Å². The van der Waals surface area contributed by atoms with Gasteiger partial charge < -0.3 is 9.84 Å². The number of anilines is 1. The quantitative estimate of drug-likeness (QED) is 0.591. The van der Waals surface area contributed by atoms with Gasteiger partial charge >= 0.3 is 0 Å². The summed E-state index contributed by atoms with van der Waals surface area (Å²) >= 11 is 1.63. The van der Waals surface area contributed by atoms with Crippen LogP contribution >= 0.6 is 11.3 Å². The fourth-order valence-corrected chi connectivity index (χ4v) is 3.47. The summed E-state index contributed by atoms with van der Waals surface area (Å²) in [5.41, 5.74) is 3.83. The second-order valence-electron chi connectivity index (χ2n) is 6.08. The van der Waals surface area contributed by atoms with Crippen molar-refractivity contribution in [3.63, 3.8) is 0 Å². The van der Waals surface area contributed by atoms with E-state index in [1.165, 1.54) is 0 Å². The van der Waals surface area contributed by atoms with Crippen molar-refractivity contribution in [2.24, 2.45) is 0 Å². The first kappa shape index (κ1) is 15.8. The van der Waals surface area contributed by atoms with E-state index in [4.69, 9.17) is 4.52 Å². The molecule has 128 valence electrons. The highest BCUT2D eigenvalue weighted by Gasteiger charge is 2.15. The summed E-state index contributed by atoms with van der Waals surface area (Å²) in [6.07, 6.45) is 0.820. The summed E-state index contributed by atoms with van der Waals surface area (Å²) in [5, 5.41) is 24.6. The fourth-order valence-electron chi connectivity index (χ4n) is 2.84. The van der Waals surface area contributed by atoms with Crippen LogP contribution in [0, 0.1) is 13.8 Å². The molecular formula is C17H18N6OS. The first-order chi connectivity index (χ1) is 12.1. The van der Waals surface area contributed by atoms with Crippen LogP contribution in [0.15, 0.2) is 33.5 Å². The molecule has 0 aliphatic carbocycles. The number of fused-ring (bicyclic) bond motifs is 1. The zero-order chi connectivity index (χ0) is 17.4. The van der Waals surface area contributed by atoms with Crippen LogP contribution in [0.5, 0.6) is 0 Å². The second kappa shape index (κ2) is 6.29. The predicted octanol–water partition coefficient (Wildman–Crippen LogP) is 3.50. The van der Waals surface area contributed by atoms with Crippen LogP contribution in [0.2, 0.25) is 0 Å². The molecule has 0 aliphatic rings. The average molecular weight is 354 g/mol. The molecule has 1 atom stereocenters. The molecule has 0 fully saturated rings. The van der Waals surface area contributed by atoms with E-state index in [1.807, 2.05) is 42.8 Å². The molecule has 0 aliphatic heterocycles. The Morgan fingerprint density at radius 3 is 2.84 bits per heavy atom. The number of aromatic nitrogens is 5. The van der Waals surface area contributed by atoms with Gasteiger partial charge in [-0.1, -0.05) is 5.16 Å². The Balaban J connectivity index is 1.58. The van der Waals surface area contributed by atoms with Gasteiger partial charge in [-0.15, -0.1) is 15.3 Å². The van der Waals surface area contributed by atoms with E-state index in [-0.39, 0.29) is 6.04 Å². The highest BCUT2D eigenvalue weighted by molar-refractivity contribution is 7.08. The predicted molar refractivity (Wildman–Crippen MR) is 96.9 cm³/mol. The minimum atomic E-state index is 0.183. The van der Waals surface area contributed by atoms with Crippen LogP contribution in [0.25, 0.3) is 17.0 Å². The van der Waals surface area contributed by atoms with Crippen molar-refractivity contribution < 1.29 is 4.52 Å². The number of nitrogens with zero attached hydrogens (tertiary/aromatic N) is 5. The topological polar surface area (TPSA) is 81.1 Å². The average Bonchev–Trinajstić information content (AvgIpc) is 3.31. The zero-order valence-electron chi connectivity index (χ0n) is 14.2. The van der Waals surface area contributed by atoms with Gasteiger partial charge in [0.2, 0.25) is 0 Å². The van der Waals surface area contributed by atoms with Crippen molar-refractivity contribution in [2.75, 3.05) is 5.32 Å². The minimum absolute atomic E-state index is 0.183. The van der Waals surface area contributed by atoms with Crippen molar-refractivity contribution in [1.29, 1.82) is 0 Å². The molecule has 4 aromatic heterocycles. The summed E-state index contributed by atoms with van der Waals surface area (Å²) in [5.74, 6) is 2.40. The minimum Gasteiger partial charge on any atom is -0.366 e. The summed E-state index contributed by atoms with van der Waals surface area (Å²) in [7, 11) is 0. The summed E-state index contributed by atoms with van der Waals surface area (Å²) in [6.45, 7) is 6.02. The van der Waals surface area contributed by atoms with Crippen LogP contribution < -0.4 is 5.32 Å². The molecule has 4 aromatic rings. The maximum atomic E-state index is 5.24. The molecule has 0 amide bonds. The largest absolute Gasteiger partial charge is 0.366 e. The van der Waals surface area contributed by atoms with E-state index < -0.39 is 0 Å². The lowest BCUT2D eigenvalue weighted by molar-refractivity contribution is 0.392. The monoisotopic (exact) mass is 354 g/mol. The van der Waals surface area contributed by atoms with Crippen molar-refractivity contribution in [3.8, 4) is 11.4 Å². The van der Waals surface area contributed by atoms with Gasteiger partial charge in [0.1, 0.15) is 11.6 Å². The van der Waals surface area contributed by atoms with Crippen molar-refractivity contribution in [2.45, 2.75) is 33.2 Å². The molecule has 4 rings (SSSR count). The molecule has 1 unspecified atom stereocenters. The normalized spacial score (nSPS) is 12.6. The highest BCUT2D eigenvalue weighted by Crippen LogP contribution is 2.21. The molecule has 0 radical (unpaired) electrons. The molecule has 1 N–H and O–H groups in total. The summed E-state index contributed by atoms with van der Waals surface area (Å²) < 4.78 is 7.01. The first-order valence-electron chi connectivity index (χ1n) is 8.05. The van der Waals surface area contributed by atoms with Crippen LogP contribution in [-0.4, -0.2) is 31.0 Å². The first-order valence-corrected chi connectivity index (χ1v) is 8.99. The maximum absolute atomic E-state index is 5.24. The Morgan fingerprint density at radius 1 is 1.24 bits per heavy atom. The summed E-state index contributed by atoms with van der Waals surface area (Å²) in [4.78, 5) is 0. The van der Waals surface area contributed by atoms with Crippen molar-refractivity contribution in [1.82, 2.24) is 25.0 Å². The van der Waals surface area contributed by atoms with E-state index in [9.17, 15) is 0 Å². The second-order valence-corrected chi connectivity index (χ2v) is 6.86. The molecule has 4 heterocycles. The van der Waals surface area contributed by atoms with E-state index >= 15 is 0 Å². The summed E-state index contributed by atoms with van der Waals surface area (Å²) in [6, 6.07) is 6.04. The Bertz CT molecular complexity index is 984. The Kier molecular flexibility index (Phi) is 3.96. The zero-order valence-corrected chi connectivity index (χ0v) is 15.0. The van der Waals surface area contributed by atoms with Gasteiger partial charge in [0.25, 0.3) is 0 Å². The Hall–Kier alpha value is -2.74. The molecule has 0 saturated heterocycles. The van der Waals surface area contributed by atoms with Gasteiger partial charge in [0.05, 0.1) is 5.69 Å². The number of hydrogen-bond acceptors (Lipinski definition) is 7. The molecular weight excluding hydrogens is 336 g/mol. The smallest absolute Gasteiger partial charge is 0.186 e. The SMILES string of the molecule is Cc1noc(C)c1CC(C)Nc1ccc2nnc(-c3ccsc3)n2n1. The molecule has 7 nitrogen and oxygen atoms in total. The molecule has 0 saturated carbocycles. The van der Waals surface area contributed by atoms with E-state index in [0.29, 0.717) is 0 Å². The molecule has 0 spiro atoms. The van der Waals surface area contributed by atoms with Crippen LogP contribution in [-0.2, 0) is 6.42 Å². The van der Waals surface area contributed by atoms with Crippen LogP contribution in [0.3, 0.4) is 0 Å². The van der Waals surface area contributed by atoms with Crippen LogP contribution in [0.1, 0.15) is 23.9 Å². The molecule has 0 aromatic carbocycles. The number of nitrogens with one attached hydrogen (secondary N) is 1. The number of aryl methyl sites for hydroxylation is 2. The van der Waals surface area contributed by atoms with E-state index in [1.54, 1.807) is 15.9 Å². The maximum Gasteiger partial charge on any atom is 0.186 e. The lowest BCUT2D eigenvalue weighted by Gasteiger charge is -2.14. The highest BCUT2D eigenvalue weighted by atomic mass is 32.1. The lowest BCUT2D eigenvalue weighted by Crippen LogP contribution is -2.20. The Morgan fingerprint density at radius 2 is 2.12 bits per heavy atom. The van der Waals surface area contributed by atoms with Gasteiger partial charge in [0.15, 0.2) is 11.5 Å². The van der Waals surface area contributed by atoms with Crippen LogP contribution in [0.4, 0.5) is 5.82 Å². The van der Waals surface area contributed by atoms with E-state index in [0.717, 1.165) is 46.3 Å². The van der Waals surface area contributed by atoms with E-state index in [2.05, 4.69) is 32.7 Å². The number of thiophene rings is 1. The van der Waals surface area contributed by atoms with Gasteiger partial charge in [-0.25, -0.2) is 0 Å². The van der Waals surface area contributed by atoms with Crippen molar-refractivity contribution >= 4 is 22.8 Å². The molecule has 25 heavy (non-hydrogen) atoms. The van der Waals surface area contributed by atoms with Gasteiger partial charge in [-0.05, 0) is 50.8 Å². The Labute approximate surface area is 148 Å². The standard InChI is InChI=1S/C17H18N6OS/c1-10(8-14-11(2)22-24-12(14)3)18-15-4-5-16-19-20-17(23(16)21-15)13-6-7-25-9-13/h4-7,9-10H,8H2,1-3H3,(H,18,21). The lowest BCUT2D eigenvalue weighted by atomic mass is 10.1. The molecule has 8 heteroatoms. The number of rotatable bonds is 5. The fraction of sp³-hybridized carbons (Fsp3) is 0.294. The molecule has 0 bridgehead atoms.